The number of halogens is 1. The topological polar surface area (TPSA) is 130 Å². The van der Waals surface area contributed by atoms with E-state index in [2.05, 4.69) is 20.8 Å². The van der Waals surface area contributed by atoms with Crippen molar-refractivity contribution in [2.45, 2.75) is 5.16 Å². The second kappa shape index (κ2) is 8.97. The molecule has 1 aromatic heterocycles. The lowest BCUT2D eigenvalue weighted by atomic mass is 10.2. The van der Waals surface area contributed by atoms with Crippen LogP contribution in [-0.2, 0) is 4.79 Å². The SMILES string of the molecule is O=C(CSc1ncc(-c2ccc(F)cc2)[nH]1)NNC(=O)c1ccc([N+](=O)[O-])cc1. The number of nitrogens with one attached hydrogen (secondary N) is 3. The summed E-state index contributed by atoms with van der Waals surface area (Å²) in [5.74, 6) is -1.42. The van der Waals surface area contributed by atoms with Crippen LogP contribution in [0.1, 0.15) is 10.4 Å². The van der Waals surface area contributed by atoms with E-state index in [0.29, 0.717) is 10.9 Å². The molecule has 11 heteroatoms. The van der Waals surface area contributed by atoms with Crippen molar-refractivity contribution >= 4 is 29.3 Å². The van der Waals surface area contributed by atoms with Crippen molar-refractivity contribution in [3.8, 4) is 11.3 Å². The molecule has 9 nitrogen and oxygen atoms in total. The number of hydrogen-bond acceptors (Lipinski definition) is 6. The summed E-state index contributed by atoms with van der Waals surface area (Å²) < 4.78 is 13.0. The van der Waals surface area contributed by atoms with Crippen LogP contribution in [0.4, 0.5) is 10.1 Å². The molecule has 1 heterocycles. The Hall–Kier alpha value is -3.73. The third kappa shape index (κ3) is 5.39. The highest BCUT2D eigenvalue weighted by Gasteiger charge is 2.11. The van der Waals surface area contributed by atoms with E-state index in [-0.39, 0.29) is 22.8 Å². The molecular formula is C18H14FN5O4S. The largest absolute Gasteiger partial charge is 0.333 e. The maximum absolute atomic E-state index is 13.0. The number of imidazole rings is 1. The number of rotatable bonds is 6. The number of hydrazine groups is 1. The predicted octanol–water partition coefficient (Wildman–Crippen LogP) is 2.68. The van der Waals surface area contributed by atoms with Gasteiger partial charge in [-0.15, -0.1) is 0 Å². The number of carbonyl (C=O) groups is 2. The van der Waals surface area contributed by atoms with Gasteiger partial charge in [0.25, 0.3) is 11.6 Å². The molecule has 0 bridgehead atoms. The fraction of sp³-hybridized carbons (Fsp3) is 0.0556. The van der Waals surface area contributed by atoms with E-state index in [1.807, 2.05) is 0 Å². The standard InChI is InChI=1S/C18H14FN5O4S/c19-13-5-1-11(2-6-13)15-9-20-18(21-15)29-10-16(25)22-23-17(26)12-3-7-14(8-4-12)24(27)28/h1-9H,10H2,(H,20,21)(H,22,25)(H,23,26). The van der Waals surface area contributed by atoms with Gasteiger partial charge in [-0.2, -0.15) is 0 Å². The van der Waals surface area contributed by atoms with Crippen LogP contribution in [-0.4, -0.2) is 32.5 Å². The van der Waals surface area contributed by atoms with Crippen LogP contribution < -0.4 is 10.9 Å². The molecule has 0 aliphatic rings. The Balaban J connectivity index is 1.47. The summed E-state index contributed by atoms with van der Waals surface area (Å²) in [4.78, 5) is 41.0. The second-order valence-electron chi connectivity index (χ2n) is 5.70. The first-order valence-corrected chi connectivity index (χ1v) is 9.18. The van der Waals surface area contributed by atoms with E-state index in [0.717, 1.165) is 17.3 Å². The molecule has 0 fully saturated rings. The summed E-state index contributed by atoms with van der Waals surface area (Å²) >= 11 is 1.12. The first-order chi connectivity index (χ1) is 13.9. The molecular weight excluding hydrogens is 401 g/mol. The molecule has 0 radical (unpaired) electrons. The van der Waals surface area contributed by atoms with Crippen LogP contribution in [0.25, 0.3) is 11.3 Å². The van der Waals surface area contributed by atoms with E-state index < -0.39 is 16.7 Å². The van der Waals surface area contributed by atoms with Gasteiger partial charge in [-0.1, -0.05) is 11.8 Å². The highest BCUT2D eigenvalue weighted by atomic mass is 32.2. The van der Waals surface area contributed by atoms with Gasteiger partial charge in [0, 0.05) is 17.7 Å². The predicted molar refractivity (Wildman–Crippen MR) is 103 cm³/mol. The summed E-state index contributed by atoms with van der Waals surface area (Å²) in [5.41, 5.74) is 5.95. The third-order valence-corrected chi connectivity index (χ3v) is 4.59. The van der Waals surface area contributed by atoms with Gasteiger partial charge >= 0.3 is 0 Å². The van der Waals surface area contributed by atoms with Crippen LogP contribution in [0.5, 0.6) is 0 Å². The van der Waals surface area contributed by atoms with Crippen LogP contribution in [0.15, 0.2) is 59.9 Å². The van der Waals surface area contributed by atoms with E-state index in [9.17, 15) is 24.1 Å². The van der Waals surface area contributed by atoms with Crippen molar-refractivity contribution in [2.24, 2.45) is 0 Å². The van der Waals surface area contributed by atoms with E-state index in [4.69, 9.17) is 0 Å². The fourth-order valence-corrected chi connectivity index (χ4v) is 2.90. The quantitative estimate of drug-likeness (QED) is 0.322. The summed E-state index contributed by atoms with van der Waals surface area (Å²) in [6.07, 6.45) is 1.57. The zero-order chi connectivity index (χ0) is 20.8. The lowest BCUT2D eigenvalue weighted by Gasteiger charge is -2.06. The molecule has 0 unspecified atom stereocenters. The van der Waals surface area contributed by atoms with Crippen molar-refractivity contribution in [3.05, 3.63) is 76.2 Å². The van der Waals surface area contributed by atoms with Gasteiger partial charge in [-0.25, -0.2) is 9.37 Å². The summed E-state index contributed by atoms with van der Waals surface area (Å²) in [6.45, 7) is 0. The van der Waals surface area contributed by atoms with Gasteiger partial charge in [0.05, 0.1) is 22.6 Å². The molecule has 0 spiro atoms. The second-order valence-corrected chi connectivity index (χ2v) is 6.67. The Morgan fingerprint density at radius 2 is 1.79 bits per heavy atom. The lowest BCUT2D eigenvalue weighted by molar-refractivity contribution is -0.384. The molecule has 3 N–H and O–H groups in total. The van der Waals surface area contributed by atoms with Gasteiger partial charge in [-0.05, 0) is 42.0 Å². The number of carbonyl (C=O) groups excluding carboxylic acids is 2. The first-order valence-electron chi connectivity index (χ1n) is 8.20. The molecule has 3 aromatic rings. The molecule has 0 saturated carbocycles. The maximum atomic E-state index is 13.0. The zero-order valence-corrected chi connectivity index (χ0v) is 15.5. The average molecular weight is 415 g/mol. The maximum Gasteiger partial charge on any atom is 0.269 e. The van der Waals surface area contributed by atoms with Gasteiger partial charge in [-0.3, -0.25) is 30.6 Å². The van der Waals surface area contributed by atoms with Crippen molar-refractivity contribution in [2.75, 3.05) is 5.75 Å². The van der Waals surface area contributed by atoms with Gasteiger partial charge in [0.15, 0.2) is 5.16 Å². The Kier molecular flexibility index (Phi) is 6.19. The molecule has 2 amide bonds. The Morgan fingerprint density at radius 1 is 1.10 bits per heavy atom. The number of amides is 2. The van der Waals surface area contributed by atoms with E-state index in [1.54, 1.807) is 18.3 Å². The fourth-order valence-electron chi connectivity index (χ4n) is 2.26. The van der Waals surface area contributed by atoms with Crippen LogP contribution in [0.3, 0.4) is 0 Å². The Bertz CT molecular complexity index is 1040. The van der Waals surface area contributed by atoms with Gasteiger partial charge in [0.2, 0.25) is 5.91 Å². The number of nitro benzene ring substituents is 1. The number of nitro groups is 1. The number of thioether (sulfide) groups is 1. The summed E-state index contributed by atoms with van der Waals surface area (Å²) in [5, 5.41) is 11.1. The number of H-pyrrole nitrogens is 1. The molecule has 0 aliphatic carbocycles. The van der Waals surface area contributed by atoms with Crippen LogP contribution in [0, 0.1) is 15.9 Å². The normalized spacial score (nSPS) is 10.4. The zero-order valence-electron chi connectivity index (χ0n) is 14.7. The number of nitrogens with zero attached hydrogens (tertiary/aromatic N) is 2. The minimum absolute atomic E-state index is 0.0170. The highest BCUT2D eigenvalue weighted by Crippen LogP contribution is 2.21. The molecule has 29 heavy (non-hydrogen) atoms. The number of aromatic nitrogens is 2. The molecule has 3 rings (SSSR count). The van der Waals surface area contributed by atoms with Crippen molar-refractivity contribution < 1.29 is 18.9 Å². The van der Waals surface area contributed by atoms with Crippen molar-refractivity contribution in [1.29, 1.82) is 0 Å². The molecule has 0 atom stereocenters. The van der Waals surface area contributed by atoms with E-state index in [1.165, 1.54) is 36.4 Å². The Labute approximate surface area is 167 Å². The first kappa shape index (κ1) is 20.0. The minimum Gasteiger partial charge on any atom is -0.333 e. The van der Waals surface area contributed by atoms with Crippen molar-refractivity contribution in [1.82, 2.24) is 20.8 Å². The number of hydrogen-bond donors (Lipinski definition) is 3. The lowest BCUT2D eigenvalue weighted by Crippen LogP contribution is -2.42. The summed E-state index contributed by atoms with van der Waals surface area (Å²) in [6, 6.07) is 10.9. The third-order valence-electron chi connectivity index (χ3n) is 3.70. The Morgan fingerprint density at radius 3 is 2.45 bits per heavy atom. The van der Waals surface area contributed by atoms with Crippen LogP contribution in [0.2, 0.25) is 0 Å². The van der Waals surface area contributed by atoms with Gasteiger partial charge in [0.1, 0.15) is 5.82 Å². The van der Waals surface area contributed by atoms with Crippen LogP contribution >= 0.6 is 11.8 Å². The minimum atomic E-state index is -0.602. The average Bonchev–Trinajstić information content (AvgIpc) is 3.20. The monoisotopic (exact) mass is 415 g/mol. The van der Waals surface area contributed by atoms with Gasteiger partial charge < -0.3 is 4.98 Å². The van der Waals surface area contributed by atoms with Crippen molar-refractivity contribution in [3.63, 3.8) is 0 Å². The number of non-ortho nitro benzene ring substituents is 1. The molecule has 0 aliphatic heterocycles. The smallest absolute Gasteiger partial charge is 0.269 e. The highest BCUT2D eigenvalue weighted by molar-refractivity contribution is 7.99. The molecule has 148 valence electrons. The number of benzene rings is 2. The van der Waals surface area contributed by atoms with E-state index >= 15 is 0 Å². The molecule has 0 saturated heterocycles. The number of aromatic amines is 1. The summed E-state index contributed by atoms with van der Waals surface area (Å²) in [7, 11) is 0. The molecule has 2 aromatic carbocycles.